The number of fused-ring (bicyclic) bond motifs is 5. The molecule has 0 amide bonds. The van der Waals surface area contributed by atoms with E-state index in [0.717, 1.165) is 54.8 Å². The van der Waals surface area contributed by atoms with Crippen molar-refractivity contribution in [1.29, 1.82) is 0 Å². The van der Waals surface area contributed by atoms with E-state index in [-0.39, 0.29) is 18.1 Å². The molecule has 0 heterocycles. The molecule has 0 aromatic carbocycles. The van der Waals surface area contributed by atoms with Crippen LogP contribution in [-0.2, 0) is 9.47 Å². The van der Waals surface area contributed by atoms with E-state index in [2.05, 4.69) is 47.3 Å². The van der Waals surface area contributed by atoms with E-state index in [9.17, 15) is 4.79 Å². The summed E-state index contributed by atoms with van der Waals surface area (Å²) in [7, 11) is 0. The third-order valence-electron chi connectivity index (χ3n) is 10.8. The number of carbonyl (C=O) groups is 1. The summed E-state index contributed by atoms with van der Waals surface area (Å²) in [5.41, 5.74) is 2.38. The minimum absolute atomic E-state index is 0.0374. The molecule has 0 aromatic rings. The van der Waals surface area contributed by atoms with E-state index in [1.54, 1.807) is 11.6 Å². The summed E-state index contributed by atoms with van der Waals surface area (Å²) in [5, 5.41) is 0. The zero-order valence-electron chi connectivity index (χ0n) is 22.6. The molecule has 4 aliphatic carbocycles. The first-order valence-electron chi connectivity index (χ1n) is 14.3. The maximum atomic E-state index is 12.0. The lowest BCUT2D eigenvalue weighted by Gasteiger charge is -2.58. The van der Waals surface area contributed by atoms with Crippen molar-refractivity contribution in [3.05, 3.63) is 24.3 Å². The molecule has 3 fully saturated rings. The Hall–Kier alpha value is -1.25. The summed E-state index contributed by atoms with van der Waals surface area (Å²) in [6.07, 6.45) is 17.7. The highest BCUT2D eigenvalue weighted by Gasteiger charge is 2.59. The standard InChI is InChI=1S/C31H50O3/c1-7-19-33-29(32)34-24-15-17-30(5)23(20-24)11-12-25-27-14-13-26(22(4)10-8-9-21(2)3)31(27,6)18-16-28(25)30/h7,11,21-22,24-28H,1,8-10,12-20H2,2-6H3. The van der Waals surface area contributed by atoms with E-state index >= 15 is 0 Å². The Morgan fingerprint density at radius 1 is 1.12 bits per heavy atom. The Kier molecular flexibility index (Phi) is 7.89. The largest absolute Gasteiger partial charge is 0.508 e. The van der Waals surface area contributed by atoms with Gasteiger partial charge in [0.1, 0.15) is 12.7 Å². The molecule has 4 rings (SSSR count). The van der Waals surface area contributed by atoms with E-state index in [0.29, 0.717) is 5.41 Å². The number of rotatable bonds is 8. The molecule has 4 aliphatic rings. The smallest absolute Gasteiger partial charge is 0.431 e. The third-order valence-corrected chi connectivity index (χ3v) is 10.8. The van der Waals surface area contributed by atoms with Gasteiger partial charge < -0.3 is 9.47 Å². The van der Waals surface area contributed by atoms with Crippen LogP contribution in [0, 0.1) is 46.3 Å². The zero-order valence-corrected chi connectivity index (χ0v) is 22.6. The number of ether oxygens (including phenoxy) is 2. The summed E-state index contributed by atoms with van der Waals surface area (Å²) >= 11 is 0. The fraction of sp³-hybridized carbons (Fsp3) is 0.839. The molecule has 3 saturated carbocycles. The van der Waals surface area contributed by atoms with Gasteiger partial charge in [-0.1, -0.05) is 78.2 Å². The monoisotopic (exact) mass is 470 g/mol. The van der Waals surface area contributed by atoms with Gasteiger partial charge in [-0.15, -0.1) is 0 Å². The first-order chi connectivity index (χ1) is 16.2. The molecule has 8 unspecified atom stereocenters. The zero-order chi connectivity index (χ0) is 24.5. The quantitative estimate of drug-likeness (QED) is 0.263. The lowest BCUT2D eigenvalue weighted by molar-refractivity contribution is -0.0613. The van der Waals surface area contributed by atoms with Crippen LogP contribution in [0.1, 0.15) is 105 Å². The normalized spacial score (nSPS) is 39.9. The second kappa shape index (κ2) is 10.4. The van der Waals surface area contributed by atoms with Gasteiger partial charge >= 0.3 is 6.16 Å². The van der Waals surface area contributed by atoms with Gasteiger partial charge in [0.15, 0.2) is 0 Å². The Balaban J connectivity index is 1.42. The highest BCUT2D eigenvalue weighted by molar-refractivity contribution is 5.60. The van der Waals surface area contributed by atoms with Crippen LogP contribution in [0.15, 0.2) is 24.3 Å². The van der Waals surface area contributed by atoms with Crippen LogP contribution in [-0.4, -0.2) is 18.9 Å². The predicted octanol–water partition coefficient (Wildman–Crippen LogP) is 8.74. The van der Waals surface area contributed by atoms with Gasteiger partial charge in [-0.2, -0.15) is 0 Å². The van der Waals surface area contributed by atoms with Gasteiger partial charge in [0.25, 0.3) is 0 Å². The molecule has 3 heteroatoms. The van der Waals surface area contributed by atoms with E-state index in [1.165, 1.54) is 51.4 Å². The Morgan fingerprint density at radius 3 is 2.65 bits per heavy atom. The van der Waals surface area contributed by atoms with E-state index < -0.39 is 6.16 Å². The summed E-state index contributed by atoms with van der Waals surface area (Å²) in [5.74, 6) is 5.14. The van der Waals surface area contributed by atoms with Crippen LogP contribution in [0.5, 0.6) is 0 Å². The first kappa shape index (κ1) is 25.8. The van der Waals surface area contributed by atoms with E-state index in [1.807, 2.05) is 0 Å². The van der Waals surface area contributed by atoms with Crippen molar-refractivity contribution in [3.8, 4) is 0 Å². The lowest BCUT2D eigenvalue weighted by atomic mass is 9.47. The van der Waals surface area contributed by atoms with Gasteiger partial charge in [0, 0.05) is 6.42 Å². The number of hydrogen-bond acceptors (Lipinski definition) is 3. The summed E-state index contributed by atoms with van der Waals surface area (Å²) in [4.78, 5) is 12.0. The van der Waals surface area contributed by atoms with Crippen molar-refractivity contribution < 1.29 is 14.3 Å². The lowest BCUT2D eigenvalue weighted by Crippen LogP contribution is -2.51. The molecule has 8 atom stereocenters. The molecule has 3 nitrogen and oxygen atoms in total. The second-order valence-electron chi connectivity index (χ2n) is 13.1. The summed E-state index contributed by atoms with van der Waals surface area (Å²) in [6.45, 7) is 16.3. The highest BCUT2D eigenvalue weighted by Crippen LogP contribution is 2.67. The minimum atomic E-state index is -0.546. The first-order valence-corrected chi connectivity index (χ1v) is 14.3. The van der Waals surface area contributed by atoms with Gasteiger partial charge in [-0.25, -0.2) is 4.79 Å². The van der Waals surface area contributed by atoms with Gasteiger partial charge in [0.05, 0.1) is 0 Å². The molecule has 0 spiro atoms. The van der Waals surface area contributed by atoms with Crippen molar-refractivity contribution in [2.75, 3.05) is 6.61 Å². The van der Waals surface area contributed by atoms with E-state index in [4.69, 9.17) is 9.47 Å². The second-order valence-corrected chi connectivity index (χ2v) is 13.1. The molecular formula is C31H50O3. The predicted molar refractivity (Wildman–Crippen MR) is 139 cm³/mol. The average Bonchev–Trinajstić information content (AvgIpc) is 3.15. The van der Waals surface area contributed by atoms with Crippen LogP contribution in [0.2, 0.25) is 0 Å². The van der Waals surface area contributed by atoms with Crippen LogP contribution in [0.3, 0.4) is 0 Å². The van der Waals surface area contributed by atoms with Crippen molar-refractivity contribution in [3.63, 3.8) is 0 Å². The summed E-state index contributed by atoms with van der Waals surface area (Å²) in [6, 6.07) is 0. The van der Waals surface area contributed by atoms with Crippen LogP contribution in [0.25, 0.3) is 0 Å². The Morgan fingerprint density at radius 2 is 1.91 bits per heavy atom. The molecule has 0 radical (unpaired) electrons. The molecule has 192 valence electrons. The van der Waals surface area contributed by atoms with Crippen molar-refractivity contribution in [2.45, 2.75) is 111 Å². The SMILES string of the molecule is C=CCOC(=O)OC1CCC2(C)C(=CCC3C2CCC2(C)C(C(C)CCCC(C)C)CCC32)C1. The minimum Gasteiger partial charge on any atom is -0.431 e. The summed E-state index contributed by atoms with van der Waals surface area (Å²) < 4.78 is 10.7. The molecule has 0 aliphatic heterocycles. The molecule has 0 N–H and O–H groups in total. The Bertz CT molecular complexity index is 769. The number of allylic oxidation sites excluding steroid dienone is 1. The van der Waals surface area contributed by atoms with Crippen molar-refractivity contribution in [1.82, 2.24) is 0 Å². The average molecular weight is 471 g/mol. The fourth-order valence-electron chi connectivity index (χ4n) is 9.05. The maximum Gasteiger partial charge on any atom is 0.508 e. The Labute approximate surface area is 209 Å². The van der Waals surface area contributed by atoms with Crippen molar-refractivity contribution in [2.24, 2.45) is 46.3 Å². The van der Waals surface area contributed by atoms with Crippen LogP contribution < -0.4 is 0 Å². The molecular weight excluding hydrogens is 420 g/mol. The van der Waals surface area contributed by atoms with Crippen LogP contribution in [0.4, 0.5) is 4.79 Å². The third kappa shape index (κ3) is 4.87. The fourth-order valence-corrected chi connectivity index (χ4v) is 9.05. The number of carbonyl (C=O) groups excluding carboxylic acids is 1. The van der Waals surface area contributed by atoms with Crippen LogP contribution >= 0.6 is 0 Å². The van der Waals surface area contributed by atoms with Gasteiger partial charge in [0.2, 0.25) is 0 Å². The molecule has 34 heavy (non-hydrogen) atoms. The maximum absolute atomic E-state index is 12.0. The number of hydrogen-bond donors (Lipinski definition) is 0. The molecule has 0 bridgehead atoms. The molecule has 0 saturated heterocycles. The highest BCUT2D eigenvalue weighted by atomic mass is 16.7. The van der Waals surface area contributed by atoms with Gasteiger partial charge in [-0.05, 0) is 91.3 Å². The van der Waals surface area contributed by atoms with Gasteiger partial charge in [-0.3, -0.25) is 0 Å². The molecule has 0 aromatic heterocycles. The topological polar surface area (TPSA) is 35.5 Å². The van der Waals surface area contributed by atoms with Crippen molar-refractivity contribution >= 4 is 6.16 Å².